The molecule has 2 aliphatic rings. The van der Waals surface area contributed by atoms with Crippen molar-refractivity contribution in [2.75, 3.05) is 6.54 Å². The van der Waals surface area contributed by atoms with Crippen molar-refractivity contribution in [1.82, 2.24) is 4.72 Å². The van der Waals surface area contributed by atoms with Gasteiger partial charge in [-0.3, -0.25) is 0 Å². The average molecular weight is 252 g/mol. The molecular formula is C10H18ClNO2S. The van der Waals surface area contributed by atoms with Gasteiger partial charge in [0.15, 0.2) is 0 Å². The molecule has 0 saturated heterocycles. The maximum atomic E-state index is 11.8. The molecule has 3 nitrogen and oxygen atoms in total. The lowest BCUT2D eigenvalue weighted by molar-refractivity contribution is 0.560. The number of rotatable bonds is 5. The van der Waals surface area contributed by atoms with E-state index < -0.39 is 10.0 Å². The molecule has 1 atom stereocenters. The molecule has 0 heterocycles. The fraction of sp³-hybridized carbons (Fsp3) is 1.00. The number of hydrogen-bond acceptors (Lipinski definition) is 2. The van der Waals surface area contributed by atoms with Gasteiger partial charge in [-0.1, -0.05) is 12.8 Å². The molecule has 0 aromatic heterocycles. The second-order valence-electron chi connectivity index (χ2n) is 4.65. The lowest BCUT2D eigenvalue weighted by atomic mass is 10.3. The molecule has 2 fully saturated rings. The van der Waals surface area contributed by atoms with Crippen LogP contribution < -0.4 is 4.72 Å². The van der Waals surface area contributed by atoms with E-state index >= 15 is 0 Å². The third-order valence-electron chi connectivity index (χ3n) is 3.35. The average Bonchev–Trinajstić information content (AvgIpc) is 2.89. The Morgan fingerprint density at radius 1 is 1.20 bits per heavy atom. The highest BCUT2D eigenvalue weighted by Crippen LogP contribution is 2.35. The molecule has 88 valence electrons. The summed E-state index contributed by atoms with van der Waals surface area (Å²) in [6, 6.07) is 0. The molecule has 2 saturated carbocycles. The number of alkyl halides is 1. The normalized spacial score (nSPS) is 25.7. The third-order valence-corrected chi connectivity index (χ3v) is 5.78. The molecule has 0 amide bonds. The van der Waals surface area contributed by atoms with Gasteiger partial charge in [0.2, 0.25) is 10.0 Å². The minimum atomic E-state index is -3.10. The smallest absolute Gasteiger partial charge is 0.214 e. The van der Waals surface area contributed by atoms with E-state index in [0.717, 1.165) is 38.5 Å². The van der Waals surface area contributed by atoms with E-state index in [-0.39, 0.29) is 10.6 Å². The van der Waals surface area contributed by atoms with E-state index in [2.05, 4.69) is 4.72 Å². The highest BCUT2D eigenvalue weighted by molar-refractivity contribution is 7.90. The third kappa shape index (κ3) is 3.08. The first-order chi connectivity index (χ1) is 7.09. The topological polar surface area (TPSA) is 46.2 Å². The van der Waals surface area contributed by atoms with Crippen LogP contribution in [0.2, 0.25) is 0 Å². The monoisotopic (exact) mass is 251 g/mol. The molecule has 0 radical (unpaired) electrons. The Kier molecular flexibility index (Phi) is 3.58. The van der Waals surface area contributed by atoms with Crippen molar-refractivity contribution in [3.63, 3.8) is 0 Å². The fourth-order valence-corrected chi connectivity index (χ4v) is 4.16. The molecule has 0 aromatic rings. The predicted molar refractivity (Wildman–Crippen MR) is 61.5 cm³/mol. The molecule has 5 heteroatoms. The largest absolute Gasteiger partial charge is 0.214 e. The number of hydrogen-bond donors (Lipinski definition) is 1. The maximum Gasteiger partial charge on any atom is 0.214 e. The van der Waals surface area contributed by atoms with Crippen LogP contribution in [0.25, 0.3) is 0 Å². The van der Waals surface area contributed by atoms with Crippen LogP contribution >= 0.6 is 11.6 Å². The van der Waals surface area contributed by atoms with Crippen LogP contribution in [-0.2, 0) is 10.0 Å². The zero-order valence-corrected chi connectivity index (χ0v) is 10.4. The SMILES string of the molecule is O=S(=O)(NCC(Cl)C1CC1)C1CCCC1. The summed E-state index contributed by atoms with van der Waals surface area (Å²) in [5.41, 5.74) is 0. The highest BCUT2D eigenvalue weighted by atomic mass is 35.5. The van der Waals surface area contributed by atoms with Crippen LogP contribution in [0.15, 0.2) is 0 Å². The van der Waals surface area contributed by atoms with Gasteiger partial charge in [-0.05, 0) is 31.6 Å². The van der Waals surface area contributed by atoms with Gasteiger partial charge in [0.05, 0.1) is 5.25 Å². The van der Waals surface area contributed by atoms with Crippen LogP contribution in [0.5, 0.6) is 0 Å². The number of sulfonamides is 1. The molecule has 2 aliphatic carbocycles. The standard InChI is InChI=1S/C10H18ClNO2S/c11-10(8-5-6-8)7-12-15(13,14)9-3-1-2-4-9/h8-10,12H,1-7H2. The summed E-state index contributed by atoms with van der Waals surface area (Å²) in [6.45, 7) is 0.408. The molecular weight excluding hydrogens is 234 g/mol. The summed E-state index contributed by atoms with van der Waals surface area (Å²) in [6.07, 6.45) is 6.01. The summed E-state index contributed by atoms with van der Waals surface area (Å²) in [7, 11) is -3.10. The van der Waals surface area contributed by atoms with Crippen molar-refractivity contribution in [2.24, 2.45) is 5.92 Å². The Labute approximate surface area is 96.6 Å². The maximum absolute atomic E-state index is 11.8. The predicted octanol–water partition coefficient (Wildman–Crippen LogP) is 1.87. The van der Waals surface area contributed by atoms with Crippen molar-refractivity contribution in [3.05, 3.63) is 0 Å². The van der Waals surface area contributed by atoms with Gasteiger partial charge in [0.1, 0.15) is 0 Å². The van der Waals surface area contributed by atoms with E-state index in [4.69, 9.17) is 11.6 Å². The van der Waals surface area contributed by atoms with Crippen molar-refractivity contribution in [2.45, 2.75) is 49.2 Å². The highest BCUT2D eigenvalue weighted by Gasteiger charge is 2.33. The Morgan fingerprint density at radius 2 is 1.80 bits per heavy atom. The molecule has 0 bridgehead atoms. The Morgan fingerprint density at radius 3 is 2.33 bits per heavy atom. The molecule has 1 unspecified atom stereocenters. The van der Waals surface area contributed by atoms with E-state index in [0.29, 0.717) is 12.5 Å². The summed E-state index contributed by atoms with van der Waals surface area (Å²) in [5.74, 6) is 0.540. The van der Waals surface area contributed by atoms with Gasteiger partial charge in [-0.25, -0.2) is 13.1 Å². The molecule has 0 aromatic carbocycles. The van der Waals surface area contributed by atoms with Gasteiger partial charge < -0.3 is 0 Å². The molecule has 2 rings (SSSR count). The Balaban J connectivity index is 1.81. The van der Waals surface area contributed by atoms with Gasteiger partial charge in [-0.2, -0.15) is 0 Å². The first kappa shape index (κ1) is 11.7. The second kappa shape index (κ2) is 4.60. The summed E-state index contributed by atoms with van der Waals surface area (Å²) in [5, 5.41) is -0.179. The van der Waals surface area contributed by atoms with Gasteiger partial charge in [0, 0.05) is 11.9 Å². The fourth-order valence-electron chi connectivity index (χ4n) is 2.14. The van der Waals surface area contributed by atoms with Crippen LogP contribution in [-0.4, -0.2) is 25.6 Å². The van der Waals surface area contributed by atoms with Crippen LogP contribution in [0, 0.1) is 5.92 Å². The molecule has 0 spiro atoms. The second-order valence-corrected chi connectivity index (χ2v) is 7.26. The van der Waals surface area contributed by atoms with Gasteiger partial charge in [0.25, 0.3) is 0 Å². The van der Waals surface area contributed by atoms with Crippen molar-refractivity contribution >= 4 is 21.6 Å². The first-order valence-corrected chi connectivity index (χ1v) is 7.70. The van der Waals surface area contributed by atoms with E-state index in [1.54, 1.807) is 0 Å². The number of nitrogens with one attached hydrogen (secondary N) is 1. The van der Waals surface area contributed by atoms with E-state index in [1.807, 2.05) is 0 Å². The molecule has 1 N–H and O–H groups in total. The summed E-state index contributed by atoms with van der Waals surface area (Å²) < 4.78 is 26.3. The van der Waals surface area contributed by atoms with E-state index in [9.17, 15) is 8.42 Å². The van der Waals surface area contributed by atoms with Crippen LogP contribution in [0.1, 0.15) is 38.5 Å². The summed E-state index contributed by atoms with van der Waals surface area (Å²) in [4.78, 5) is 0. The molecule has 15 heavy (non-hydrogen) atoms. The van der Waals surface area contributed by atoms with Crippen molar-refractivity contribution in [3.8, 4) is 0 Å². The van der Waals surface area contributed by atoms with Crippen LogP contribution in [0.3, 0.4) is 0 Å². The van der Waals surface area contributed by atoms with Crippen molar-refractivity contribution in [1.29, 1.82) is 0 Å². The Bertz CT molecular complexity index is 307. The minimum absolute atomic E-state index is 0.0128. The quantitative estimate of drug-likeness (QED) is 0.759. The van der Waals surface area contributed by atoms with Gasteiger partial charge in [-0.15, -0.1) is 11.6 Å². The first-order valence-electron chi connectivity index (χ1n) is 5.72. The summed E-state index contributed by atoms with van der Waals surface area (Å²) >= 11 is 6.06. The lowest BCUT2D eigenvalue weighted by Crippen LogP contribution is -2.36. The zero-order chi connectivity index (χ0) is 10.9. The van der Waals surface area contributed by atoms with Gasteiger partial charge >= 0.3 is 0 Å². The van der Waals surface area contributed by atoms with Crippen LogP contribution in [0.4, 0.5) is 0 Å². The molecule has 0 aliphatic heterocycles. The number of halogens is 1. The van der Waals surface area contributed by atoms with E-state index in [1.165, 1.54) is 0 Å². The Hall–Kier alpha value is 0.200. The van der Waals surface area contributed by atoms with Crippen molar-refractivity contribution < 1.29 is 8.42 Å². The zero-order valence-electron chi connectivity index (χ0n) is 8.78. The lowest BCUT2D eigenvalue weighted by Gasteiger charge is -2.14. The minimum Gasteiger partial charge on any atom is -0.214 e.